The average molecular weight is 229 g/mol. The molecule has 2 unspecified atom stereocenters. The molecule has 1 aliphatic rings. The molecule has 0 aliphatic heterocycles. The molecule has 1 aliphatic carbocycles. The Morgan fingerprint density at radius 1 is 1.19 bits per heavy atom. The second-order valence-corrected chi connectivity index (χ2v) is 5.95. The van der Waals surface area contributed by atoms with Gasteiger partial charge in [0.1, 0.15) is 0 Å². The lowest BCUT2D eigenvalue weighted by molar-refractivity contribution is -0.0324. The molecule has 0 radical (unpaired) electrons. The molecule has 98 valence electrons. The lowest BCUT2D eigenvalue weighted by atomic mass is 9.63. The molecule has 0 bridgehead atoms. The lowest BCUT2D eigenvalue weighted by Crippen LogP contribution is -2.43. The Morgan fingerprint density at radius 2 is 1.75 bits per heavy atom. The van der Waals surface area contributed by atoms with Crippen LogP contribution in [0.4, 0.5) is 0 Å². The zero-order valence-electron chi connectivity index (χ0n) is 12.3. The first-order valence-corrected chi connectivity index (χ1v) is 6.58. The van der Waals surface area contributed by atoms with Crippen molar-refractivity contribution in [2.45, 2.75) is 60.0 Å². The number of rotatable bonds is 3. The fraction of sp³-hybridized carbons (Fsp3) is 1.00. The van der Waals surface area contributed by atoms with Crippen molar-refractivity contribution in [3.63, 3.8) is 0 Å². The highest BCUT2D eigenvalue weighted by Gasteiger charge is 2.40. The maximum Gasteiger partial charge on any atom is 0.0582 e. The van der Waals surface area contributed by atoms with Crippen molar-refractivity contribution in [2.24, 2.45) is 10.8 Å². The summed E-state index contributed by atoms with van der Waals surface area (Å²) in [6.45, 7) is 12.2. The quantitative estimate of drug-likeness (QED) is 0.800. The van der Waals surface area contributed by atoms with Gasteiger partial charge in [-0.1, -0.05) is 34.6 Å². The van der Waals surface area contributed by atoms with Crippen LogP contribution in [0, 0.1) is 10.8 Å². The molecular formula is C14H31NO. The van der Waals surface area contributed by atoms with E-state index in [4.69, 9.17) is 4.74 Å². The van der Waals surface area contributed by atoms with Gasteiger partial charge in [-0.15, -0.1) is 0 Å². The number of hydrogen-bond acceptors (Lipinski definition) is 2. The van der Waals surface area contributed by atoms with Gasteiger partial charge in [0, 0.05) is 13.7 Å². The lowest BCUT2D eigenvalue weighted by Gasteiger charge is -2.46. The minimum absolute atomic E-state index is 0.400. The Hall–Kier alpha value is -0.0800. The van der Waals surface area contributed by atoms with E-state index in [1.54, 1.807) is 0 Å². The van der Waals surface area contributed by atoms with Gasteiger partial charge in [0.05, 0.1) is 6.10 Å². The molecule has 0 heterocycles. The fourth-order valence-electron chi connectivity index (χ4n) is 3.27. The third kappa shape index (κ3) is 4.84. The van der Waals surface area contributed by atoms with Crippen LogP contribution < -0.4 is 5.32 Å². The van der Waals surface area contributed by atoms with Gasteiger partial charge in [0.15, 0.2) is 0 Å². The van der Waals surface area contributed by atoms with Gasteiger partial charge in [-0.05, 0) is 37.1 Å². The van der Waals surface area contributed by atoms with E-state index in [2.05, 4.69) is 26.1 Å². The van der Waals surface area contributed by atoms with Crippen molar-refractivity contribution in [3.05, 3.63) is 0 Å². The monoisotopic (exact) mass is 229 g/mol. The molecule has 0 saturated heterocycles. The first-order valence-electron chi connectivity index (χ1n) is 6.58. The zero-order chi connectivity index (χ0) is 12.8. The van der Waals surface area contributed by atoms with Gasteiger partial charge in [-0.25, -0.2) is 0 Å². The molecule has 0 spiro atoms. The summed E-state index contributed by atoms with van der Waals surface area (Å²) in [5.41, 5.74) is 0.821. The van der Waals surface area contributed by atoms with Gasteiger partial charge in [0.2, 0.25) is 0 Å². The first-order chi connectivity index (χ1) is 7.41. The zero-order valence-corrected chi connectivity index (χ0v) is 12.3. The predicted molar refractivity (Wildman–Crippen MR) is 71.8 cm³/mol. The van der Waals surface area contributed by atoms with Crippen molar-refractivity contribution in [1.82, 2.24) is 5.32 Å². The summed E-state index contributed by atoms with van der Waals surface area (Å²) in [5, 5.41) is 3.30. The van der Waals surface area contributed by atoms with Gasteiger partial charge >= 0.3 is 0 Å². The Labute approximate surface area is 102 Å². The van der Waals surface area contributed by atoms with Gasteiger partial charge in [-0.3, -0.25) is 0 Å². The third-order valence-corrected chi connectivity index (χ3v) is 3.34. The molecule has 2 atom stereocenters. The molecule has 16 heavy (non-hydrogen) atoms. The topological polar surface area (TPSA) is 21.3 Å². The Morgan fingerprint density at radius 3 is 2.19 bits per heavy atom. The summed E-state index contributed by atoms with van der Waals surface area (Å²) in [7, 11) is 3.88. The molecule has 1 saturated carbocycles. The molecule has 0 aromatic heterocycles. The normalized spacial score (nSPS) is 32.8. The number of nitrogens with one attached hydrogen (secondary N) is 1. The first kappa shape index (κ1) is 15.9. The van der Waals surface area contributed by atoms with Crippen LogP contribution in [0.3, 0.4) is 0 Å². The summed E-state index contributed by atoms with van der Waals surface area (Å²) >= 11 is 0. The van der Waals surface area contributed by atoms with E-state index in [0.29, 0.717) is 16.9 Å². The van der Waals surface area contributed by atoms with Crippen LogP contribution >= 0.6 is 0 Å². The highest BCUT2D eigenvalue weighted by Crippen LogP contribution is 2.46. The number of ether oxygens (including phenoxy) is 1. The Kier molecular flexibility index (Phi) is 6.57. The van der Waals surface area contributed by atoms with Gasteiger partial charge in [0.25, 0.3) is 0 Å². The van der Waals surface area contributed by atoms with Crippen LogP contribution in [0.1, 0.15) is 53.9 Å². The average Bonchev–Trinajstić information content (AvgIpc) is 2.17. The third-order valence-electron chi connectivity index (χ3n) is 3.34. The van der Waals surface area contributed by atoms with Crippen molar-refractivity contribution in [3.8, 4) is 0 Å². The summed E-state index contributed by atoms with van der Waals surface area (Å²) in [5.74, 6) is 0. The Bertz CT molecular complexity index is 191. The second-order valence-electron chi connectivity index (χ2n) is 5.95. The van der Waals surface area contributed by atoms with E-state index in [1.807, 2.05) is 28.0 Å². The van der Waals surface area contributed by atoms with Crippen LogP contribution in [-0.4, -0.2) is 26.8 Å². The van der Waals surface area contributed by atoms with Crippen LogP contribution in [0.2, 0.25) is 0 Å². The highest BCUT2D eigenvalue weighted by atomic mass is 16.5. The molecular weight excluding hydrogens is 198 g/mol. The van der Waals surface area contributed by atoms with Gasteiger partial charge in [-0.2, -0.15) is 0 Å². The molecule has 1 N–H and O–H groups in total. The van der Waals surface area contributed by atoms with Crippen molar-refractivity contribution in [1.29, 1.82) is 0 Å². The number of hydrogen-bond donors (Lipinski definition) is 1. The minimum atomic E-state index is 0.400. The van der Waals surface area contributed by atoms with E-state index < -0.39 is 0 Å². The Balaban J connectivity index is 0.00000106. The minimum Gasteiger partial charge on any atom is -0.381 e. The maximum atomic E-state index is 5.54. The molecule has 1 rings (SSSR count). The van der Waals surface area contributed by atoms with E-state index in [-0.39, 0.29) is 0 Å². The van der Waals surface area contributed by atoms with Crippen molar-refractivity contribution < 1.29 is 4.74 Å². The second kappa shape index (κ2) is 6.61. The molecule has 0 amide bonds. The summed E-state index contributed by atoms with van der Waals surface area (Å²) in [6.07, 6.45) is 4.12. The summed E-state index contributed by atoms with van der Waals surface area (Å²) in [6, 6.07) is 0. The van der Waals surface area contributed by atoms with E-state index >= 15 is 0 Å². The van der Waals surface area contributed by atoms with E-state index in [1.165, 1.54) is 19.3 Å². The van der Waals surface area contributed by atoms with Crippen molar-refractivity contribution >= 4 is 0 Å². The molecule has 2 nitrogen and oxygen atoms in total. The summed E-state index contributed by atoms with van der Waals surface area (Å²) in [4.78, 5) is 0. The fourth-order valence-corrected chi connectivity index (χ4v) is 3.27. The molecule has 0 aromatic rings. The molecule has 2 heteroatoms. The van der Waals surface area contributed by atoms with E-state index in [0.717, 1.165) is 6.54 Å². The highest BCUT2D eigenvalue weighted by molar-refractivity contribution is 4.92. The van der Waals surface area contributed by atoms with E-state index in [9.17, 15) is 0 Å². The van der Waals surface area contributed by atoms with Crippen LogP contribution in [0.25, 0.3) is 0 Å². The predicted octanol–water partition coefficient (Wildman–Crippen LogP) is 3.46. The van der Waals surface area contributed by atoms with Crippen LogP contribution in [-0.2, 0) is 4.74 Å². The molecule has 0 aromatic carbocycles. The van der Waals surface area contributed by atoms with Crippen LogP contribution in [0.5, 0.6) is 0 Å². The maximum absolute atomic E-state index is 5.54. The smallest absolute Gasteiger partial charge is 0.0582 e. The van der Waals surface area contributed by atoms with Crippen molar-refractivity contribution in [2.75, 3.05) is 20.7 Å². The molecule has 1 fully saturated rings. The number of methoxy groups -OCH3 is 1. The standard InChI is InChI=1S/C12H25NO.C2H6/c1-11(2)6-10(14-5)7-12(3,8-11)9-13-4;1-2/h10,13H,6-9H2,1-5H3;1-2H3. The largest absolute Gasteiger partial charge is 0.381 e. The summed E-state index contributed by atoms with van der Waals surface area (Å²) < 4.78 is 5.54. The van der Waals surface area contributed by atoms with Gasteiger partial charge < -0.3 is 10.1 Å². The SMILES string of the molecule is CC.CNCC1(C)CC(OC)CC(C)(C)C1. The van der Waals surface area contributed by atoms with Crippen LogP contribution in [0.15, 0.2) is 0 Å².